The molecule has 0 amide bonds. The van der Waals surface area contributed by atoms with Crippen LogP contribution in [0.5, 0.6) is 5.88 Å². The van der Waals surface area contributed by atoms with Crippen LogP contribution in [0.25, 0.3) is 22.2 Å². The van der Waals surface area contributed by atoms with Crippen molar-refractivity contribution in [1.29, 1.82) is 0 Å². The maximum absolute atomic E-state index is 16.6. The minimum absolute atomic E-state index is 0.0000999. The number of nitrogens with one attached hydrogen (secondary N) is 2. The van der Waals surface area contributed by atoms with Crippen molar-refractivity contribution in [3.05, 3.63) is 28.8 Å². The number of hydrogen-bond donors (Lipinski definition) is 3. The fraction of sp³-hybridized carbons (Fsp3) is 0.552. The van der Waals surface area contributed by atoms with Gasteiger partial charge in [-0.15, -0.1) is 0 Å². The van der Waals surface area contributed by atoms with Gasteiger partial charge in [-0.1, -0.05) is 6.92 Å². The van der Waals surface area contributed by atoms with Crippen molar-refractivity contribution >= 4 is 28.4 Å². The number of rotatable bonds is 9. The number of halogens is 5. The Morgan fingerprint density at radius 2 is 1.84 bits per heavy atom. The van der Waals surface area contributed by atoms with E-state index in [1.165, 1.54) is 0 Å². The summed E-state index contributed by atoms with van der Waals surface area (Å²) >= 11 is 0. The van der Waals surface area contributed by atoms with E-state index in [2.05, 4.69) is 25.5 Å². The zero-order chi connectivity index (χ0) is 31.4. The van der Waals surface area contributed by atoms with Crippen LogP contribution in [0, 0.1) is 18.6 Å². The molecule has 4 heterocycles. The molecule has 0 aliphatic carbocycles. The molecule has 2 aliphatic rings. The van der Waals surface area contributed by atoms with E-state index in [-0.39, 0.29) is 40.1 Å². The van der Waals surface area contributed by atoms with Crippen LogP contribution in [-0.4, -0.2) is 77.8 Å². The molecule has 1 aromatic carbocycles. The number of benzene rings is 1. The molecule has 0 bridgehead atoms. The summed E-state index contributed by atoms with van der Waals surface area (Å²) in [6, 6.07) is 0.761. The second-order valence-electron chi connectivity index (χ2n) is 11.7. The number of ether oxygens (including phenoxy) is 1. The molecule has 234 valence electrons. The minimum Gasteiger partial charge on any atom is -0.474 e. The number of likely N-dealkylation sites (N-methyl/N-ethyl adjacent to an activating group) is 2. The number of nitrogens with two attached hydrogens (primary N) is 1. The topological polar surface area (TPSA) is 104 Å². The van der Waals surface area contributed by atoms with Crippen molar-refractivity contribution in [2.75, 3.05) is 56.2 Å². The normalized spacial score (nSPS) is 18.0. The highest BCUT2D eigenvalue weighted by atomic mass is 19.4. The van der Waals surface area contributed by atoms with Crippen molar-refractivity contribution in [1.82, 2.24) is 25.2 Å². The van der Waals surface area contributed by atoms with Gasteiger partial charge in [0, 0.05) is 37.8 Å². The number of nitrogen functional groups attached to an aromatic ring is 1. The molecule has 2 fully saturated rings. The Balaban J connectivity index is 1.77. The van der Waals surface area contributed by atoms with Gasteiger partial charge in [-0.3, -0.25) is 4.90 Å². The Bertz CT molecular complexity index is 1540. The molecule has 3 aromatic rings. The predicted octanol–water partition coefficient (Wildman–Crippen LogP) is 4.97. The Morgan fingerprint density at radius 1 is 1.14 bits per heavy atom. The smallest absolute Gasteiger partial charge is 0.417 e. The zero-order valence-corrected chi connectivity index (χ0v) is 25.1. The van der Waals surface area contributed by atoms with Gasteiger partial charge >= 0.3 is 6.18 Å². The van der Waals surface area contributed by atoms with Crippen molar-refractivity contribution in [2.45, 2.75) is 64.4 Å². The molecule has 4 N–H and O–H groups in total. The quantitative estimate of drug-likeness (QED) is 0.230. The number of pyridine rings is 1. The summed E-state index contributed by atoms with van der Waals surface area (Å²) in [5, 5.41) is 6.45. The first-order valence-corrected chi connectivity index (χ1v) is 14.3. The molecule has 14 heteroatoms. The van der Waals surface area contributed by atoms with Gasteiger partial charge in [0.25, 0.3) is 0 Å². The Kier molecular flexibility index (Phi) is 8.05. The molecule has 1 spiro atoms. The van der Waals surface area contributed by atoms with E-state index < -0.39 is 52.0 Å². The standard InChI is InChI=1S/C29H37F5N8O/c1-7-15(3)43-26-19-24(22(31)23(38-26)17-10-18(35)21(30)16(4)20(17)29(32,33)34)39-27(40-25(19)37-11-14(2)36-5)42-12-28(13-42)8-9-41(28)6/h10,14-15,36H,7-9,11-13,35H2,1-6H3,(H,37,39,40). The molecular formula is C29H37F5N8O. The maximum Gasteiger partial charge on any atom is 0.417 e. The average molecular weight is 609 g/mol. The number of alkyl halides is 3. The fourth-order valence-corrected chi connectivity index (χ4v) is 5.52. The molecule has 2 atom stereocenters. The number of aromatic nitrogens is 3. The average Bonchev–Trinajstić information content (AvgIpc) is 2.93. The second-order valence-corrected chi connectivity index (χ2v) is 11.7. The maximum atomic E-state index is 16.6. The lowest BCUT2D eigenvalue weighted by molar-refractivity contribution is -0.137. The van der Waals surface area contributed by atoms with Crippen molar-refractivity contribution < 1.29 is 26.7 Å². The summed E-state index contributed by atoms with van der Waals surface area (Å²) in [5.74, 6) is -2.01. The summed E-state index contributed by atoms with van der Waals surface area (Å²) in [7, 11) is 3.84. The van der Waals surface area contributed by atoms with Gasteiger partial charge in [0.1, 0.15) is 28.2 Å². The van der Waals surface area contributed by atoms with E-state index in [4.69, 9.17) is 15.5 Å². The molecule has 43 heavy (non-hydrogen) atoms. The van der Waals surface area contributed by atoms with Gasteiger partial charge in [-0.25, -0.2) is 18.7 Å². The molecule has 0 radical (unpaired) electrons. The fourth-order valence-electron chi connectivity index (χ4n) is 5.52. The van der Waals surface area contributed by atoms with Crippen LogP contribution < -0.4 is 26.0 Å². The third-order valence-corrected chi connectivity index (χ3v) is 8.74. The van der Waals surface area contributed by atoms with Crippen LogP contribution >= 0.6 is 0 Å². The Hall–Kier alpha value is -3.52. The largest absolute Gasteiger partial charge is 0.474 e. The summed E-state index contributed by atoms with van der Waals surface area (Å²) in [4.78, 5) is 17.7. The molecule has 9 nitrogen and oxygen atoms in total. The molecule has 2 aliphatic heterocycles. The third-order valence-electron chi connectivity index (χ3n) is 8.74. The zero-order valence-electron chi connectivity index (χ0n) is 25.1. The van der Waals surface area contributed by atoms with E-state index in [9.17, 15) is 17.6 Å². The van der Waals surface area contributed by atoms with Gasteiger partial charge < -0.3 is 26.0 Å². The van der Waals surface area contributed by atoms with Gasteiger partial charge in [0.2, 0.25) is 11.8 Å². The molecule has 0 saturated carbocycles. The van der Waals surface area contributed by atoms with Crippen LogP contribution in [0.4, 0.5) is 39.4 Å². The minimum atomic E-state index is -5.03. The van der Waals surface area contributed by atoms with Crippen molar-refractivity contribution in [2.24, 2.45) is 0 Å². The predicted molar refractivity (Wildman–Crippen MR) is 156 cm³/mol. The monoisotopic (exact) mass is 608 g/mol. The number of hydrogen-bond acceptors (Lipinski definition) is 9. The first-order valence-electron chi connectivity index (χ1n) is 14.3. The van der Waals surface area contributed by atoms with Crippen LogP contribution in [-0.2, 0) is 6.18 Å². The third kappa shape index (κ3) is 5.39. The Morgan fingerprint density at radius 3 is 2.40 bits per heavy atom. The van der Waals surface area contributed by atoms with Crippen LogP contribution in [0.3, 0.4) is 0 Å². The first-order chi connectivity index (χ1) is 20.2. The van der Waals surface area contributed by atoms with Crippen molar-refractivity contribution in [3.8, 4) is 17.1 Å². The van der Waals surface area contributed by atoms with Crippen molar-refractivity contribution in [3.63, 3.8) is 0 Å². The summed E-state index contributed by atoms with van der Waals surface area (Å²) in [5.41, 5.74) is 1.42. The van der Waals surface area contributed by atoms with Crippen LogP contribution in [0.15, 0.2) is 6.07 Å². The van der Waals surface area contributed by atoms with Gasteiger partial charge in [-0.2, -0.15) is 18.2 Å². The number of nitrogens with zero attached hydrogens (tertiary/aromatic N) is 5. The lowest BCUT2D eigenvalue weighted by atomic mass is 9.78. The number of fused-ring (bicyclic) bond motifs is 1. The molecular weight excluding hydrogens is 571 g/mol. The summed E-state index contributed by atoms with van der Waals surface area (Å²) in [6.45, 7) is 9.15. The molecule has 2 unspecified atom stereocenters. The second kappa shape index (κ2) is 11.2. The van der Waals surface area contributed by atoms with E-state index in [0.717, 1.165) is 26.0 Å². The highest BCUT2D eigenvalue weighted by Gasteiger charge is 2.52. The lowest BCUT2D eigenvalue weighted by Crippen LogP contribution is -2.76. The van der Waals surface area contributed by atoms with Crippen LogP contribution in [0.1, 0.15) is 44.7 Å². The summed E-state index contributed by atoms with van der Waals surface area (Å²) in [6.07, 6.45) is -3.90. The lowest BCUT2D eigenvalue weighted by Gasteiger charge is -2.61. The first kappa shape index (κ1) is 30.9. The van der Waals surface area contributed by atoms with E-state index in [1.807, 2.05) is 25.8 Å². The van der Waals surface area contributed by atoms with Gasteiger partial charge in [0.15, 0.2) is 5.82 Å². The number of anilines is 3. The summed E-state index contributed by atoms with van der Waals surface area (Å²) < 4.78 is 80.2. The van der Waals surface area contributed by atoms with E-state index >= 15 is 4.39 Å². The van der Waals surface area contributed by atoms with Gasteiger partial charge in [0.05, 0.1) is 22.9 Å². The highest BCUT2D eigenvalue weighted by molar-refractivity contribution is 5.97. The SMILES string of the molecule is CCC(C)Oc1nc(-c2cc(N)c(F)c(C)c2C(F)(F)F)c(F)c2nc(N3CC4(CCN4C)C3)nc(NCC(C)NC)c12. The Labute approximate surface area is 247 Å². The highest BCUT2D eigenvalue weighted by Crippen LogP contribution is 2.45. The van der Waals surface area contributed by atoms with Crippen LogP contribution in [0.2, 0.25) is 0 Å². The molecule has 5 rings (SSSR count). The molecule has 2 aromatic heterocycles. The van der Waals surface area contributed by atoms with Gasteiger partial charge in [-0.05, 0) is 59.3 Å². The molecule has 2 saturated heterocycles. The number of likely N-dealkylation sites (tertiary alicyclic amines) is 1. The van der Waals surface area contributed by atoms with E-state index in [1.54, 1.807) is 14.0 Å². The van der Waals surface area contributed by atoms with E-state index in [0.29, 0.717) is 26.1 Å².